The molecule has 1 aromatic carbocycles. The molecule has 0 aromatic heterocycles. The van der Waals surface area contributed by atoms with Gasteiger partial charge < -0.3 is 5.32 Å². The van der Waals surface area contributed by atoms with Crippen molar-refractivity contribution in [2.75, 3.05) is 11.9 Å². The van der Waals surface area contributed by atoms with Crippen LogP contribution in [-0.4, -0.2) is 29.2 Å². The Morgan fingerprint density at radius 3 is 2.39 bits per heavy atom. The highest BCUT2D eigenvalue weighted by atomic mass is 35.5. The lowest BCUT2D eigenvalue weighted by Crippen LogP contribution is -2.38. The molecule has 3 rings (SSSR count). The summed E-state index contributed by atoms with van der Waals surface area (Å²) in [6, 6.07) is 5.20. The number of anilines is 1. The molecule has 1 aliphatic heterocycles. The maximum Gasteiger partial charge on any atom is 0.244 e. The van der Waals surface area contributed by atoms with Gasteiger partial charge in [0.05, 0.1) is 11.8 Å². The molecule has 2 aliphatic rings. The van der Waals surface area contributed by atoms with Crippen molar-refractivity contribution in [2.45, 2.75) is 32.6 Å². The zero-order valence-electron chi connectivity index (χ0n) is 13.0. The topological polar surface area (TPSA) is 66.5 Å². The van der Waals surface area contributed by atoms with Gasteiger partial charge in [-0.05, 0) is 37.5 Å². The summed E-state index contributed by atoms with van der Waals surface area (Å²) in [6.07, 6.45) is 3.45. The lowest BCUT2D eigenvalue weighted by Gasteiger charge is -2.19. The van der Waals surface area contributed by atoms with E-state index in [9.17, 15) is 14.4 Å². The Hall–Kier alpha value is -1.88. The molecule has 122 valence electrons. The van der Waals surface area contributed by atoms with Crippen LogP contribution in [-0.2, 0) is 14.4 Å². The monoisotopic (exact) mass is 334 g/mol. The predicted molar refractivity (Wildman–Crippen MR) is 87.0 cm³/mol. The molecule has 1 N–H and O–H groups in total. The number of hydrogen-bond donors (Lipinski definition) is 1. The first kappa shape index (κ1) is 16.0. The first-order valence-electron chi connectivity index (χ1n) is 7.88. The van der Waals surface area contributed by atoms with Gasteiger partial charge >= 0.3 is 0 Å². The predicted octanol–water partition coefficient (Wildman–Crippen LogP) is 2.76. The van der Waals surface area contributed by atoms with E-state index in [2.05, 4.69) is 5.32 Å². The third kappa shape index (κ3) is 3.11. The summed E-state index contributed by atoms with van der Waals surface area (Å²) in [6.45, 7) is 1.65. The van der Waals surface area contributed by atoms with Crippen molar-refractivity contribution in [3.8, 4) is 0 Å². The molecule has 1 saturated carbocycles. The smallest absolute Gasteiger partial charge is 0.244 e. The van der Waals surface area contributed by atoms with Crippen LogP contribution in [0.4, 0.5) is 5.69 Å². The fraction of sp³-hybridized carbons (Fsp3) is 0.471. The summed E-state index contributed by atoms with van der Waals surface area (Å²) in [7, 11) is 0. The average molecular weight is 335 g/mol. The van der Waals surface area contributed by atoms with Gasteiger partial charge in [-0.25, -0.2) is 0 Å². The van der Waals surface area contributed by atoms with Crippen LogP contribution in [0.5, 0.6) is 0 Å². The summed E-state index contributed by atoms with van der Waals surface area (Å²) < 4.78 is 0. The number of carbonyl (C=O) groups excluding carboxylic acids is 3. The SMILES string of the molecule is Cc1ccc(NC(=O)CN2C(=O)[C@H]3CCCC[C@H]3C2=O)cc1Cl. The molecule has 1 heterocycles. The fourth-order valence-corrected chi connectivity index (χ4v) is 3.58. The van der Waals surface area contributed by atoms with Gasteiger partial charge in [-0.15, -0.1) is 0 Å². The van der Waals surface area contributed by atoms with Crippen molar-refractivity contribution >= 4 is 35.0 Å². The van der Waals surface area contributed by atoms with Crippen molar-refractivity contribution in [3.05, 3.63) is 28.8 Å². The second kappa shape index (κ2) is 6.32. The second-order valence-electron chi connectivity index (χ2n) is 6.27. The molecule has 0 spiro atoms. The molecular weight excluding hydrogens is 316 g/mol. The van der Waals surface area contributed by atoms with Gasteiger partial charge in [0.1, 0.15) is 6.54 Å². The molecule has 1 aliphatic carbocycles. The molecule has 2 atom stereocenters. The second-order valence-corrected chi connectivity index (χ2v) is 6.68. The summed E-state index contributed by atoms with van der Waals surface area (Å²) in [5, 5.41) is 3.25. The number of benzene rings is 1. The molecule has 1 saturated heterocycles. The van der Waals surface area contributed by atoms with Crippen molar-refractivity contribution in [3.63, 3.8) is 0 Å². The van der Waals surface area contributed by atoms with Crippen molar-refractivity contribution in [2.24, 2.45) is 11.8 Å². The van der Waals surface area contributed by atoms with Crippen molar-refractivity contribution in [1.29, 1.82) is 0 Å². The normalized spacial score (nSPS) is 23.8. The van der Waals surface area contributed by atoms with E-state index in [1.165, 1.54) is 0 Å². The maximum atomic E-state index is 12.3. The third-order valence-electron chi connectivity index (χ3n) is 4.69. The molecule has 0 radical (unpaired) electrons. The number of likely N-dealkylation sites (tertiary alicyclic amines) is 1. The van der Waals surface area contributed by atoms with Gasteiger partial charge in [-0.2, -0.15) is 0 Å². The Bertz CT molecular complexity index is 650. The van der Waals surface area contributed by atoms with Crippen LogP contribution in [0.2, 0.25) is 5.02 Å². The van der Waals surface area contributed by atoms with Crippen LogP contribution in [0.15, 0.2) is 18.2 Å². The Kier molecular flexibility index (Phi) is 4.39. The number of fused-ring (bicyclic) bond motifs is 1. The number of imide groups is 1. The molecule has 5 nitrogen and oxygen atoms in total. The first-order valence-corrected chi connectivity index (χ1v) is 8.26. The molecule has 0 unspecified atom stereocenters. The van der Waals surface area contributed by atoms with E-state index in [4.69, 9.17) is 11.6 Å². The van der Waals surface area contributed by atoms with Crippen LogP contribution in [0.1, 0.15) is 31.2 Å². The molecular formula is C17H19ClN2O3. The third-order valence-corrected chi connectivity index (χ3v) is 5.10. The van der Waals surface area contributed by atoms with E-state index < -0.39 is 0 Å². The molecule has 23 heavy (non-hydrogen) atoms. The van der Waals surface area contributed by atoms with Gasteiger partial charge in [0.15, 0.2) is 0 Å². The van der Waals surface area contributed by atoms with E-state index in [0.29, 0.717) is 10.7 Å². The highest BCUT2D eigenvalue weighted by Gasteiger charge is 2.48. The number of amides is 3. The maximum absolute atomic E-state index is 12.3. The van der Waals surface area contributed by atoms with Gasteiger partial charge in [0.2, 0.25) is 17.7 Å². The number of rotatable bonds is 3. The number of nitrogens with zero attached hydrogens (tertiary/aromatic N) is 1. The number of halogens is 1. The molecule has 1 aromatic rings. The summed E-state index contributed by atoms with van der Waals surface area (Å²) in [4.78, 5) is 38.0. The number of carbonyl (C=O) groups is 3. The summed E-state index contributed by atoms with van der Waals surface area (Å²) >= 11 is 6.03. The minimum Gasteiger partial charge on any atom is -0.324 e. The van der Waals surface area contributed by atoms with Gasteiger partial charge in [-0.3, -0.25) is 19.3 Å². The Morgan fingerprint density at radius 1 is 1.22 bits per heavy atom. The lowest BCUT2D eigenvalue weighted by molar-refractivity contribution is -0.142. The standard InChI is InChI=1S/C17H19ClN2O3/c1-10-6-7-11(8-14(10)18)19-15(21)9-20-16(22)12-4-2-3-5-13(12)17(20)23/h6-8,12-13H,2-5,9H2,1H3,(H,19,21)/t12-,13+. The largest absolute Gasteiger partial charge is 0.324 e. The molecule has 0 bridgehead atoms. The Morgan fingerprint density at radius 2 is 1.83 bits per heavy atom. The first-order chi connectivity index (χ1) is 11.0. The highest BCUT2D eigenvalue weighted by molar-refractivity contribution is 6.31. The lowest BCUT2D eigenvalue weighted by atomic mass is 9.81. The van der Waals surface area contributed by atoms with Crippen LogP contribution in [0.3, 0.4) is 0 Å². The van der Waals surface area contributed by atoms with E-state index in [-0.39, 0.29) is 36.1 Å². The minimum atomic E-state index is -0.384. The molecule has 3 amide bonds. The van der Waals surface area contributed by atoms with Crippen molar-refractivity contribution in [1.82, 2.24) is 4.90 Å². The van der Waals surface area contributed by atoms with Crippen LogP contribution >= 0.6 is 11.6 Å². The summed E-state index contributed by atoms with van der Waals surface area (Å²) in [5.41, 5.74) is 1.47. The quantitative estimate of drug-likeness (QED) is 0.864. The number of aryl methyl sites for hydroxylation is 1. The van der Waals surface area contributed by atoms with Crippen LogP contribution < -0.4 is 5.32 Å². The van der Waals surface area contributed by atoms with Gasteiger partial charge in [0.25, 0.3) is 0 Å². The van der Waals surface area contributed by atoms with Gasteiger partial charge in [0, 0.05) is 10.7 Å². The molecule has 6 heteroatoms. The van der Waals surface area contributed by atoms with Crippen LogP contribution in [0.25, 0.3) is 0 Å². The van der Waals surface area contributed by atoms with E-state index in [1.807, 2.05) is 6.92 Å². The molecule has 2 fully saturated rings. The van der Waals surface area contributed by atoms with E-state index in [1.54, 1.807) is 18.2 Å². The number of nitrogens with one attached hydrogen (secondary N) is 1. The Labute approximate surface area is 140 Å². The van der Waals surface area contributed by atoms with E-state index >= 15 is 0 Å². The number of hydrogen-bond acceptors (Lipinski definition) is 3. The summed E-state index contributed by atoms with van der Waals surface area (Å²) in [5.74, 6) is -1.23. The van der Waals surface area contributed by atoms with E-state index in [0.717, 1.165) is 36.1 Å². The zero-order valence-corrected chi connectivity index (χ0v) is 13.7. The minimum absolute atomic E-state index is 0.197. The Balaban J connectivity index is 1.66. The fourth-order valence-electron chi connectivity index (χ4n) is 3.40. The highest BCUT2D eigenvalue weighted by Crippen LogP contribution is 2.37. The average Bonchev–Trinajstić information content (AvgIpc) is 2.76. The van der Waals surface area contributed by atoms with Gasteiger partial charge in [-0.1, -0.05) is 30.5 Å². The van der Waals surface area contributed by atoms with Crippen molar-refractivity contribution < 1.29 is 14.4 Å². The van der Waals surface area contributed by atoms with Crippen LogP contribution in [0, 0.1) is 18.8 Å². The zero-order chi connectivity index (χ0) is 16.6.